The highest BCUT2D eigenvalue weighted by Gasteiger charge is 2.26. The van der Waals surface area contributed by atoms with Gasteiger partial charge in [-0.1, -0.05) is 34.1 Å². The summed E-state index contributed by atoms with van der Waals surface area (Å²) < 4.78 is 27.5. The maximum Gasteiger partial charge on any atom is 0.256 e. The smallest absolute Gasteiger partial charge is 0.256 e. The van der Waals surface area contributed by atoms with Crippen molar-refractivity contribution < 1.29 is 18.4 Å². The summed E-state index contributed by atoms with van der Waals surface area (Å²) in [7, 11) is 0. The highest BCUT2D eigenvalue weighted by Crippen LogP contribution is 2.20. The maximum atomic E-state index is 13.8. The molecule has 2 aromatic rings. The van der Waals surface area contributed by atoms with E-state index < -0.39 is 5.82 Å². The fourth-order valence-electron chi connectivity index (χ4n) is 2.90. The van der Waals surface area contributed by atoms with Gasteiger partial charge in [0, 0.05) is 30.7 Å². The molecule has 0 saturated carbocycles. The van der Waals surface area contributed by atoms with E-state index in [1.54, 1.807) is 21.9 Å². The van der Waals surface area contributed by atoms with Gasteiger partial charge in [-0.2, -0.15) is 0 Å². The Morgan fingerprint density at radius 3 is 2.27 bits per heavy atom. The zero-order chi connectivity index (χ0) is 18.7. The van der Waals surface area contributed by atoms with E-state index in [0.717, 1.165) is 0 Å². The van der Waals surface area contributed by atoms with Gasteiger partial charge in [0.15, 0.2) is 0 Å². The summed E-state index contributed by atoms with van der Waals surface area (Å²) >= 11 is 3.26. The third kappa shape index (κ3) is 4.09. The van der Waals surface area contributed by atoms with Crippen molar-refractivity contribution in [2.45, 2.75) is 6.42 Å². The van der Waals surface area contributed by atoms with Gasteiger partial charge in [-0.15, -0.1) is 0 Å². The molecule has 7 heteroatoms. The molecule has 26 heavy (non-hydrogen) atoms. The second-order valence-corrected chi connectivity index (χ2v) is 6.92. The summed E-state index contributed by atoms with van der Waals surface area (Å²) in [5.74, 6) is -1.36. The number of hydrogen-bond acceptors (Lipinski definition) is 2. The van der Waals surface area contributed by atoms with Crippen molar-refractivity contribution in [3.05, 3.63) is 69.7 Å². The van der Waals surface area contributed by atoms with Crippen LogP contribution in [-0.2, 0) is 11.2 Å². The van der Waals surface area contributed by atoms with Crippen molar-refractivity contribution in [1.29, 1.82) is 0 Å². The van der Waals surface area contributed by atoms with Crippen molar-refractivity contribution in [3.63, 3.8) is 0 Å². The second kappa shape index (κ2) is 7.95. The lowest BCUT2D eigenvalue weighted by atomic mass is 10.1. The number of rotatable bonds is 3. The number of nitrogens with zero attached hydrogens (tertiary/aromatic N) is 2. The number of carbonyl (C=O) groups is 2. The zero-order valence-corrected chi connectivity index (χ0v) is 15.5. The van der Waals surface area contributed by atoms with Crippen LogP contribution in [0.25, 0.3) is 0 Å². The van der Waals surface area contributed by atoms with Crippen LogP contribution in [0.4, 0.5) is 8.78 Å². The quantitative estimate of drug-likeness (QED) is 0.761. The van der Waals surface area contributed by atoms with Crippen molar-refractivity contribution in [1.82, 2.24) is 9.80 Å². The maximum absolute atomic E-state index is 13.8. The molecule has 1 fully saturated rings. The lowest BCUT2D eigenvalue weighted by Crippen LogP contribution is -2.51. The number of halogens is 3. The molecule has 2 aromatic carbocycles. The number of amides is 2. The minimum absolute atomic E-state index is 0.0440. The van der Waals surface area contributed by atoms with Gasteiger partial charge in [-0.3, -0.25) is 9.59 Å². The number of hydrogen-bond donors (Lipinski definition) is 0. The summed E-state index contributed by atoms with van der Waals surface area (Å²) in [5, 5.41) is 0. The summed E-state index contributed by atoms with van der Waals surface area (Å²) in [6.45, 7) is 1.47. The monoisotopic (exact) mass is 422 g/mol. The standard InChI is InChI=1S/C19H17BrF2N2O2/c20-16-12-14(21)6-5-13(16)11-18(25)23-7-9-24(10-8-23)19(26)15-3-1-2-4-17(15)22/h1-6,12H,7-11H2. The molecule has 0 aliphatic carbocycles. The Bertz CT molecular complexity index is 836. The van der Waals surface area contributed by atoms with Crippen LogP contribution in [0.15, 0.2) is 46.9 Å². The minimum atomic E-state index is -0.544. The van der Waals surface area contributed by atoms with E-state index in [1.807, 2.05) is 0 Å². The van der Waals surface area contributed by atoms with Crippen LogP contribution in [0.2, 0.25) is 0 Å². The summed E-state index contributed by atoms with van der Waals surface area (Å²) in [6, 6.07) is 10.1. The molecule has 4 nitrogen and oxygen atoms in total. The van der Waals surface area contributed by atoms with Crippen LogP contribution >= 0.6 is 15.9 Å². The molecular weight excluding hydrogens is 406 g/mol. The van der Waals surface area contributed by atoms with Crippen LogP contribution < -0.4 is 0 Å². The Morgan fingerprint density at radius 2 is 1.62 bits per heavy atom. The molecule has 1 saturated heterocycles. The first-order valence-electron chi connectivity index (χ1n) is 8.21. The Morgan fingerprint density at radius 1 is 0.962 bits per heavy atom. The molecule has 136 valence electrons. The predicted molar refractivity (Wildman–Crippen MR) is 96.7 cm³/mol. The van der Waals surface area contributed by atoms with Crippen molar-refractivity contribution in [2.24, 2.45) is 0 Å². The van der Waals surface area contributed by atoms with Gasteiger partial charge in [0.05, 0.1) is 12.0 Å². The van der Waals surface area contributed by atoms with Crippen LogP contribution in [0.1, 0.15) is 15.9 Å². The van der Waals surface area contributed by atoms with Crippen LogP contribution in [0, 0.1) is 11.6 Å². The van der Waals surface area contributed by atoms with Crippen molar-refractivity contribution in [2.75, 3.05) is 26.2 Å². The predicted octanol–water partition coefficient (Wildman–Crippen LogP) is 3.25. The molecule has 0 unspecified atom stereocenters. The first-order chi connectivity index (χ1) is 12.5. The normalized spacial score (nSPS) is 14.4. The van der Waals surface area contributed by atoms with E-state index in [-0.39, 0.29) is 29.6 Å². The van der Waals surface area contributed by atoms with Crippen molar-refractivity contribution in [3.8, 4) is 0 Å². The fourth-order valence-corrected chi connectivity index (χ4v) is 3.39. The van der Waals surface area contributed by atoms with E-state index >= 15 is 0 Å². The average Bonchev–Trinajstić information content (AvgIpc) is 2.64. The lowest BCUT2D eigenvalue weighted by molar-refractivity contribution is -0.131. The SMILES string of the molecule is O=C(Cc1ccc(F)cc1Br)N1CCN(C(=O)c2ccccc2F)CC1. The third-order valence-corrected chi connectivity index (χ3v) is 5.12. The van der Waals surface area contributed by atoms with Gasteiger partial charge in [-0.05, 0) is 29.8 Å². The molecule has 1 aliphatic heterocycles. The third-order valence-electron chi connectivity index (χ3n) is 4.38. The fraction of sp³-hybridized carbons (Fsp3) is 0.263. The summed E-state index contributed by atoms with van der Waals surface area (Å²) in [4.78, 5) is 28.1. The minimum Gasteiger partial charge on any atom is -0.339 e. The first-order valence-corrected chi connectivity index (χ1v) is 9.00. The van der Waals surface area contributed by atoms with E-state index in [4.69, 9.17) is 0 Å². The molecule has 0 aromatic heterocycles. The van der Waals surface area contributed by atoms with Gasteiger partial charge in [0.1, 0.15) is 11.6 Å². The van der Waals surface area contributed by atoms with Gasteiger partial charge in [0.2, 0.25) is 5.91 Å². The van der Waals surface area contributed by atoms with Gasteiger partial charge < -0.3 is 9.80 Å². The first kappa shape index (κ1) is 18.5. The molecule has 1 aliphatic rings. The van der Waals surface area contributed by atoms with Crippen molar-refractivity contribution >= 4 is 27.7 Å². The van der Waals surface area contributed by atoms with E-state index in [2.05, 4.69) is 15.9 Å². The van der Waals surface area contributed by atoms with Crippen LogP contribution in [0.3, 0.4) is 0 Å². The van der Waals surface area contributed by atoms with Gasteiger partial charge in [0.25, 0.3) is 5.91 Å². The average molecular weight is 423 g/mol. The highest BCUT2D eigenvalue weighted by atomic mass is 79.9. The molecule has 3 rings (SSSR count). The summed E-state index contributed by atoms with van der Waals surface area (Å²) in [6.07, 6.45) is 0.155. The lowest BCUT2D eigenvalue weighted by Gasteiger charge is -2.35. The second-order valence-electron chi connectivity index (χ2n) is 6.07. The molecule has 0 atom stereocenters. The van der Waals surface area contributed by atoms with Gasteiger partial charge in [-0.25, -0.2) is 8.78 Å². The van der Waals surface area contributed by atoms with E-state index in [0.29, 0.717) is 36.2 Å². The molecule has 0 N–H and O–H groups in total. The highest BCUT2D eigenvalue weighted by molar-refractivity contribution is 9.10. The Kier molecular flexibility index (Phi) is 5.66. The molecule has 2 amide bonds. The summed E-state index contributed by atoms with van der Waals surface area (Å²) in [5.41, 5.74) is 0.754. The van der Waals surface area contributed by atoms with Crippen LogP contribution in [-0.4, -0.2) is 47.8 Å². The molecular formula is C19H17BrF2N2O2. The Labute approximate surface area is 158 Å². The number of piperazine rings is 1. The molecule has 0 radical (unpaired) electrons. The number of benzene rings is 2. The Balaban J connectivity index is 1.59. The molecule has 0 spiro atoms. The zero-order valence-electron chi connectivity index (χ0n) is 13.9. The Hall–Kier alpha value is -2.28. The van der Waals surface area contributed by atoms with E-state index in [1.165, 1.54) is 30.3 Å². The number of carbonyl (C=O) groups excluding carboxylic acids is 2. The molecule has 1 heterocycles. The van der Waals surface area contributed by atoms with Gasteiger partial charge >= 0.3 is 0 Å². The van der Waals surface area contributed by atoms with E-state index in [9.17, 15) is 18.4 Å². The van der Waals surface area contributed by atoms with Crippen LogP contribution in [0.5, 0.6) is 0 Å². The topological polar surface area (TPSA) is 40.6 Å². The largest absolute Gasteiger partial charge is 0.339 e. The molecule has 0 bridgehead atoms.